The number of aryl methyl sites for hydroxylation is 1. The van der Waals surface area contributed by atoms with Crippen molar-refractivity contribution in [3.05, 3.63) is 35.2 Å². The van der Waals surface area contributed by atoms with Gasteiger partial charge in [0, 0.05) is 0 Å². The van der Waals surface area contributed by atoms with Crippen LogP contribution in [-0.2, 0) is 10.0 Å². The van der Waals surface area contributed by atoms with Crippen molar-refractivity contribution in [2.45, 2.75) is 11.8 Å². The zero-order chi connectivity index (χ0) is 10.1. The highest BCUT2D eigenvalue weighted by Crippen LogP contribution is 2.20. The number of nitrogens with two attached hydrogens (primary N) is 1. The lowest BCUT2D eigenvalue weighted by Gasteiger charge is -2.02. The smallest absolute Gasteiger partial charge is 0.238 e. The van der Waals surface area contributed by atoms with Crippen molar-refractivity contribution in [1.29, 1.82) is 0 Å². The summed E-state index contributed by atoms with van der Waals surface area (Å²) in [6.45, 7) is 8.32. The van der Waals surface area contributed by atoms with Crippen LogP contribution in [-0.4, -0.2) is 8.42 Å². The van der Waals surface area contributed by atoms with Crippen molar-refractivity contribution in [2.75, 3.05) is 0 Å². The average molecular weight is 196 g/mol. The molecule has 0 radical (unpaired) electrons. The number of hydrogen-bond acceptors (Lipinski definition) is 2. The van der Waals surface area contributed by atoms with Gasteiger partial charge in [-0.3, -0.25) is 0 Å². The Bertz CT molecular complexity index is 471. The molecule has 0 unspecified atom stereocenters. The molecule has 0 fully saturated rings. The number of nitrogens with zero attached hydrogens (tertiary/aromatic N) is 1. The van der Waals surface area contributed by atoms with Crippen LogP contribution in [0.5, 0.6) is 0 Å². The molecule has 13 heavy (non-hydrogen) atoms. The van der Waals surface area contributed by atoms with Crippen LogP contribution in [0.25, 0.3) is 4.85 Å². The summed E-state index contributed by atoms with van der Waals surface area (Å²) in [5.41, 5.74) is 0.904. The van der Waals surface area contributed by atoms with E-state index in [0.29, 0.717) is 11.3 Å². The minimum atomic E-state index is -3.66. The van der Waals surface area contributed by atoms with Gasteiger partial charge in [-0.1, -0.05) is 18.2 Å². The molecule has 4 nitrogen and oxygen atoms in total. The molecule has 5 heteroatoms. The zero-order valence-electron chi connectivity index (χ0n) is 6.98. The molecule has 0 bridgehead atoms. The lowest BCUT2D eigenvalue weighted by molar-refractivity contribution is 0.597. The maximum absolute atomic E-state index is 11.0. The first-order valence-electron chi connectivity index (χ1n) is 3.46. The van der Waals surface area contributed by atoms with Crippen molar-refractivity contribution >= 4 is 15.7 Å². The fourth-order valence-corrected chi connectivity index (χ4v) is 1.79. The fourth-order valence-electron chi connectivity index (χ4n) is 1.02. The Morgan fingerprint density at radius 3 is 2.46 bits per heavy atom. The second-order valence-corrected chi connectivity index (χ2v) is 4.14. The number of benzene rings is 1. The van der Waals surface area contributed by atoms with E-state index < -0.39 is 10.0 Å². The Labute approximate surface area is 76.9 Å². The summed E-state index contributed by atoms with van der Waals surface area (Å²) in [5.74, 6) is 0. The SMILES string of the molecule is [C-]#[N+]c1ccc(S(N)(=O)=O)c(C)c1. The molecule has 2 N–H and O–H groups in total. The van der Waals surface area contributed by atoms with Crippen molar-refractivity contribution < 1.29 is 8.42 Å². The molecule has 0 spiro atoms. The number of sulfonamides is 1. The second kappa shape index (κ2) is 3.17. The van der Waals surface area contributed by atoms with Gasteiger partial charge in [-0.05, 0) is 12.5 Å². The molecule has 0 aliphatic heterocycles. The molecule has 1 rings (SSSR count). The molecule has 0 amide bonds. The highest BCUT2D eigenvalue weighted by molar-refractivity contribution is 7.89. The Hall–Kier alpha value is -1.38. The van der Waals surface area contributed by atoms with Crippen LogP contribution >= 0.6 is 0 Å². The molecule has 1 aromatic rings. The van der Waals surface area contributed by atoms with Gasteiger partial charge in [-0.25, -0.2) is 18.4 Å². The minimum absolute atomic E-state index is 0.0694. The summed E-state index contributed by atoms with van der Waals surface area (Å²) in [7, 11) is -3.66. The highest BCUT2D eigenvalue weighted by atomic mass is 32.2. The third kappa shape index (κ3) is 2.05. The first-order chi connectivity index (χ1) is 5.95. The fraction of sp³-hybridized carbons (Fsp3) is 0.125. The average Bonchev–Trinajstić information content (AvgIpc) is 2.01. The molecule has 0 aliphatic rings. The van der Waals surface area contributed by atoms with Gasteiger partial charge < -0.3 is 0 Å². The van der Waals surface area contributed by atoms with Crippen molar-refractivity contribution in [3.63, 3.8) is 0 Å². The Morgan fingerprint density at radius 2 is 2.08 bits per heavy atom. The standard InChI is InChI=1S/C8H8N2O2S/c1-6-5-7(10-2)3-4-8(6)13(9,11)12/h3-5H,1H3,(H2,9,11,12). The third-order valence-electron chi connectivity index (χ3n) is 1.59. The van der Waals surface area contributed by atoms with E-state index in [1.807, 2.05) is 0 Å². The molecule has 0 saturated heterocycles. The molecule has 0 saturated carbocycles. The topological polar surface area (TPSA) is 64.5 Å². The molecule has 68 valence electrons. The second-order valence-electron chi connectivity index (χ2n) is 2.61. The van der Waals surface area contributed by atoms with Crippen molar-refractivity contribution in [3.8, 4) is 0 Å². The van der Waals surface area contributed by atoms with Crippen LogP contribution in [0.1, 0.15) is 5.56 Å². The van der Waals surface area contributed by atoms with Crippen LogP contribution in [0.2, 0.25) is 0 Å². The van der Waals surface area contributed by atoms with E-state index in [2.05, 4.69) is 4.85 Å². The maximum Gasteiger partial charge on any atom is 0.238 e. The number of hydrogen-bond donors (Lipinski definition) is 1. The summed E-state index contributed by atoms with van der Waals surface area (Å²) < 4.78 is 21.9. The normalized spacial score (nSPS) is 10.8. The molecule has 0 aliphatic carbocycles. The van der Waals surface area contributed by atoms with Crippen molar-refractivity contribution in [2.24, 2.45) is 5.14 Å². The molecule has 0 aromatic heterocycles. The third-order valence-corrected chi connectivity index (χ3v) is 2.67. The van der Waals surface area contributed by atoms with E-state index in [0.717, 1.165) is 0 Å². The lowest BCUT2D eigenvalue weighted by atomic mass is 10.2. The van der Waals surface area contributed by atoms with Gasteiger partial charge in [-0.2, -0.15) is 0 Å². The van der Waals surface area contributed by atoms with E-state index in [-0.39, 0.29) is 4.90 Å². The molecular weight excluding hydrogens is 188 g/mol. The summed E-state index contributed by atoms with van der Waals surface area (Å²) in [6.07, 6.45) is 0. The van der Waals surface area contributed by atoms with E-state index >= 15 is 0 Å². The van der Waals surface area contributed by atoms with E-state index in [4.69, 9.17) is 11.7 Å². The van der Waals surface area contributed by atoms with Crippen LogP contribution in [0.3, 0.4) is 0 Å². The van der Waals surface area contributed by atoms with Gasteiger partial charge in [0.05, 0.1) is 11.5 Å². The first-order valence-corrected chi connectivity index (χ1v) is 5.00. The predicted molar refractivity (Wildman–Crippen MR) is 48.8 cm³/mol. The quantitative estimate of drug-likeness (QED) is 0.686. The van der Waals surface area contributed by atoms with E-state index in [9.17, 15) is 8.42 Å². The van der Waals surface area contributed by atoms with Gasteiger partial charge in [-0.15, -0.1) is 0 Å². The summed E-state index contributed by atoms with van der Waals surface area (Å²) in [6, 6.07) is 4.27. The van der Waals surface area contributed by atoms with E-state index in [1.54, 1.807) is 6.92 Å². The van der Waals surface area contributed by atoms with Gasteiger partial charge in [0.2, 0.25) is 10.0 Å². The van der Waals surface area contributed by atoms with Crippen molar-refractivity contribution in [1.82, 2.24) is 0 Å². The van der Waals surface area contributed by atoms with Gasteiger partial charge in [0.15, 0.2) is 5.69 Å². The Balaban J connectivity index is 3.40. The minimum Gasteiger partial charge on any atom is -0.238 e. The van der Waals surface area contributed by atoms with E-state index in [1.165, 1.54) is 18.2 Å². The number of rotatable bonds is 1. The summed E-state index contributed by atoms with van der Waals surface area (Å²) in [5, 5.41) is 4.94. The largest absolute Gasteiger partial charge is 0.238 e. The van der Waals surface area contributed by atoms with Crippen LogP contribution in [0.4, 0.5) is 5.69 Å². The Kier molecular flexibility index (Phi) is 2.36. The zero-order valence-corrected chi connectivity index (χ0v) is 7.80. The molecular formula is C8H8N2O2S. The number of primary sulfonamides is 1. The summed E-state index contributed by atoms with van der Waals surface area (Å²) in [4.78, 5) is 3.24. The van der Waals surface area contributed by atoms with Crippen LogP contribution < -0.4 is 5.14 Å². The molecule has 0 heterocycles. The van der Waals surface area contributed by atoms with Crippen LogP contribution in [0.15, 0.2) is 23.1 Å². The predicted octanol–water partition coefficient (Wildman–Crippen LogP) is 1.19. The van der Waals surface area contributed by atoms with Gasteiger partial charge >= 0.3 is 0 Å². The van der Waals surface area contributed by atoms with Crippen LogP contribution in [0, 0.1) is 13.5 Å². The Morgan fingerprint density at radius 1 is 1.46 bits per heavy atom. The maximum atomic E-state index is 11.0. The monoisotopic (exact) mass is 196 g/mol. The van der Waals surface area contributed by atoms with Gasteiger partial charge in [0.25, 0.3) is 0 Å². The highest BCUT2D eigenvalue weighted by Gasteiger charge is 2.10. The lowest BCUT2D eigenvalue weighted by Crippen LogP contribution is -2.13. The van der Waals surface area contributed by atoms with Gasteiger partial charge in [0.1, 0.15) is 0 Å². The molecule has 1 aromatic carbocycles. The molecule has 0 atom stereocenters. The summed E-state index contributed by atoms with van der Waals surface area (Å²) >= 11 is 0. The first kappa shape index (κ1) is 9.71.